The molecule has 8 heteroatoms. The molecule has 2 amide bonds. The highest BCUT2D eigenvalue weighted by atomic mass is 16.6. The Hall–Kier alpha value is -1.83. The second-order valence-electron chi connectivity index (χ2n) is 8.66. The Balaban J connectivity index is 2.52. The third-order valence-corrected chi connectivity index (χ3v) is 4.35. The normalized spacial score (nSPS) is 17.1. The number of carboxylic acid groups (broad SMARTS) is 1. The number of carbonyl (C=O) groups excluding carboxylic acids is 2. The van der Waals surface area contributed by atoms with Crippen LogP contribution >= 0.6 is 0 Å². The fourth-order valence-corrected chi connectivity index (χ4v) is 2.84. The summed E-state index contributed by atoms with van der Waals surface area (Å²) in [6.07, 6.45) is 5.04. The maximum atomic E-state index is 12.4. The standard InChI is InChI=1S/C19H34N2O6/c1-18(2,3)27-17(25)21-19(4,5)16(24)20-14(15(22)23)12-26-11-13-9-7-6-8-10-13/h13-14H,6-12H2,1-5H3,(H,20,24)(H,21,25)(H,22,23). The third kappa shape index (κ3) is 9.08. The summed E-state index contributed by atoms with van der Waals surface area (Å²) >= 11 is 0. The number of alkyl carbamates (subject to hydrolysis) is 1. The lowest BCUT2D eigenvalue weighted by Gasteiger charge is -2.29. The van der Waals surface area contributed by atoms with E-state index >= 15 is 0 Å². The van der Waals surface area contributed by atoms with Gasteiger partial charge in [0, 0.05) is 6.61 Å². The van der Waals surface area contributed by atoms with Crippen molar-refractivity contribution in [2.24, 2.45) is 5.92 Å². The molecule has 156 valence electrons. The van der Waals surface area contributed by atoms with E-state index in [2.05, 4.69) is 10.6 Å². The van der Waals surface area contributed by atoms with E-state index in [0.29, 0.717) is 12.5 Å². The first-order valence-electron chi connectivity index (χ1n) is 9.53. The van der Waals surface area contributed by atoms with Gasteiger partial charge >= 0.3 is 12.1 Å². The lowest BCUT2D eigenvalue weighted by atomic mass is 9.90. The topological polar surface area (TPSA) is 114 Å². The van der Waals surface area contributed by atoms with Crippen LogP contribution in [0.5, 0.6) is 0 Å². The van der Waals surface area contributed by atoms with E-state index < -0.39 is 35.2 Å². The van der Waals surface area contributed by atoms with Crippen molar-refractivity contribution in [1.82, 2.24) is 10.6 Å². The lowest BCUT2D eigenvalue weighted by Crippen LogP contribution is -2.59. The number of hydrogen-bond acceptors (Lipinski definition) is 5. The number of amides is 2. The maximum absolute atomic E-state index is 12.4. The molecular formula is C19H34N2O6. The molecule has 0 radical (unpaired) electrons. The monoisotopic (exact) mass is 386 g/mol. The first kappa shape index (κ1) is 23.2. The van der Waals surface area contributed by atoms with Crippen LogP contribution in [0.1, 0.15) is 66.7 Å². The zero-order valence-electron chi connectivity index (χ0n) is 17.1. The van der Waals surface area contributed by atoms with Crippen molar-refractivity contribution in [2.75, 3.05) is 13.2 Å². The Labute approximate surface area is 161 Å². The minimum Gasteiger partial charge on any atom is -0.480 e. The van der Waals surface area contributed by atoms with Crippen molar-refractivity contribution in [3.63, 3.8) is 0 Å². The largest absolute Gasteiger partial charge is 0.480 e. The Morgan fingerprint density at radius 2 is 1.67 bits per heavy atom. The van der Waals surface area contributed by atoms with Gasteiger partial charge in [-0.3, -0.25) is 4.79 Å². The van der Waals surface area contributed by atoms with Gasteiger partial charge in [0.15, 0.2) is 6.04 Å². The molecule has 27 heavy (non-hydrogen) atoms. The average molecular weight is 386 g/mol. The van der Waals surface area contributed by atoms with Crippen LogP contribution in [-0.2, 0) is 19.1 Å². The van der Waals surface area contributed by atoms with Crippen molar-refractivity contribution in [3.8, 4) is 0 Å². The molecule has 3 N–H and O–H groups in total. The van der Waals surface area contributed by atoms with Gasteiger partial charge in [0.05, 0.1) is 6.61 Å². The second-order valence-corrected chi connectivity index (χ2v) is 8.66. The van der Waals surface area contributed by atoms with Crippen molar-refractivity contribution in [2.45, 2.75) is 83.9 Å². The molecule has 1 rings (SSSR count). The fraction of sp³-hybridized carbons (Fsp3) is 0.842. The van der Waals surface area contributed by atoms with Gasteiger partial charge in [-0.05, 0) is 53.4 Å². The van der Waals surface area contributed by atoms with E-state index in [-0.39, 0.29) is 6.61 Å². The number of aliphatic carboxylic acids is 1. The van der Waals surface area contributed by atoms with Crippen LogP contribution in [0.15, 0.2) is 0 Å². The molecule has 0 saturated heterocycles. The number of rotatable bonds is 8. The molecule has 0 heterocycles. The van der Waals surface area contributed by atoms with E-state index in [0.717, 1.165) is 12.8 Å². The Bertz CT molecular complexity index is 521. The van der Waals surface area contributed by atoms with Gasteiger partial charge in [0.2, 0.25) is 5.91 Å². The highest BCUT2D eigenvalue weighted by molar-refractivity contribution is 5.92. The minimum absolute atomic E-state index is 0.111. The Morgan fingerprint density at radius 1 is 1.07 bits per heavy atom. The predicted octanol–water partition coefficient (Wildman–Crippen LogP) is 2.46. The molecule has 1 atom stereocenters. The van der Waals surface area contributed by atoms with Crippen LogP contribution in [0.3, 0.4) is 0 Å². The number of carbonyl (C=O) groups is 3. The summed E-state index contributed by atoms with van der Waals surface area (Å²) in [7, 11) is 0. The van der Waals surface area contributed by atoms with Gasteiger partial charge in [-0.15, -0.1) is 0 Å². The highest BCUT2D eigenvalue weighted by Gasteiger charge is 2.34. The third-order valence-electron chi connectivity index (χ3n) is 4.35. The van der Waals surface area contributed by atoms with Crippen molar-refractivity contribution >= 4 is 18.0 Å². The second kappa shape index (κ2) is 9.92. The Morgan fingerprint density at radius 3 is 2.19 bits per heavy atom. The summed E-state index contributed by atoms with van der Waals surface area (Å²) in [5, 5.41) is 14.2. The van der Waals surface area contributed by atoms with Gasteiger partial charge in [-0.25, -0.2) is 9.59 Å². The first-order chi connectivity index (χ1) is 12.4. The number of hydrogen-bond donors (Lipinski definition) is 3. The predicted molar refractivity (Wildman–Crippen MR) is 100 cm³/mol. The van der Waals surface area contributed by atoms with Crippen molar-refractivity contribution in [1.29, 1.82) is 0 Å². The minimum atomic E-state index is -1.33. The van der Waals surface area contributed by atoms with Gasteiger partial charge in [0.1, 0.15) is 11.1 Å². The zero-order chi connectivity index (χ0) is 20.7. The van der Waals surface area contributed by atoms with Crippen LogP contribution in [0.4, 0.5) is 4.79 Å². The number of carboxylic acids is 1. The molecule has 1 aliphatic rings. The molecule has 1 saturated carbocycles. The average Bonchev–Trinajstić information content (AvgIpc) is 2.52. The molecule has 0 aliphatic heterocycles. The van der Waals surface area contributed by atoms with Crippen LogP contribution < -0.4 is 10.6 Å². The molecule has 0 spiro atoms. The summed E-state index contributed by atoms with van der Waals surface area (Å²) in [5.41, 5.74) is -2.04. The van der Waals surface area contributed by atoms with E-state index in [1.54, 1.807) is 20.8 Å². The summed E-state index contributed by atoms with van der Waals surface area (Å²) in [6, 6.07) is -1.18. The molecule has 0 aromatic heterocycles. The summed E-state index contributed by atoms with van der Waals surface area (Å²) in [5.74, 6) is -1.35. The molecular weight excluding hydrogens is 352 g/mol. The maximum Gasteiger partial charge on any atom is 0.408 e. The number of nitrogens with one attached hydrogen (secondary N) is 2. The van der Waals surface area contributed by atoms with E-state index in [1.165, 1.54) is 33.1 Å². The lowest BCUT2D eigenvalue weighted by molar-refractivity contribution is -0.144. The van der Waals surface area contributed by atoms with Crippen LogP contribution in [0, 0.1) is 5.92 Å². The molecule has 1 fully saturated rings. The summed E-state index contributed by atoms with van der Waals surface area (Å²) in [6.45, 7) is 8.48. The molecule has 0 aromatic rings. The molecule has 1 unspecified atom stereocenters. The molecule has 8 nitrogen and oxygen atoms in total. The van der Waals surface area contributed by atoms with Crippen molar-refractivity contribution in [3.05, 3.63) is 0 Å². The highest BCUT2D eigenvalue weighted by Crippen LogP contribution is 2.23. The first-order valence-corrected chi connectivity index (χ1v) is 9.53. The van der Waals surface area contributed by atoms with Crippen LogP contribution in [0.2, 0.25) is 0 Å². The molecule has 1 aliphatic carbocycles. The van der Waals surface area contributed by atoms with Crippen molar-refractivity contribution < 1.29 is 29.0 Å². The van der Waals surface area contributed by atoms with Gasteiger partial charge in [0.25, 0.3) is 0 Å². The Kier molecular flexibility index (Phi) is 8.53. The van der Waals surface area contributed by atoms with Gasteiger partial charge in [-0.1, -0.05) is 19.3 Å². The SMILES string of the molecule is CC(C)(C)OC(=O)NC(C)(C)C(=O)NC(COCC1CCCCC1)C(=O)O. The molecule has 0 aromatic carbocycles. The zero-order valence-corrected chi connectivity index (χ0v) is 17.1. The van der Waals surface area contributed by atoms with E-state index in [4.69, 9.17) is 9.47 Å². The summed E-state index contributed by atoms with van der Waals surface area (Å²) in [4.78, 5) is 35.8. The quantitative estimate of drug-likeness (QED) is 0.590. The number of ether oxygens (including phenoxy) is 2. The van der Waals surface area contributed by atoms with E-state index in [1.807, 2.05) is 0 Å². The smallest absolute Gasteiger partial charge is 0.408 e. The summed E-state index contributed by atoms with van der Waals surface area (Å²) < 4.78 is 10.7. The van der Waals surface area contributed by atoms with Gasteiger partial charge in [-0.2, -0.15) is 0 Å². The van der Waals surface area contributed by atoms with E-state index in [9.17, 15) is 19.5 Å². The van der Waals surface area contributed by atoms with Crippen LogP contribution in [0.25, 0.3) is 0 Å². The van der Waals surface area contributed by atoms with Crippen LogP contribution in [-0.4, -0.2) is 53.5 Å². The van der Waals surface area contributed by atoms with Gasteiger partial charge < -0.3 is 25.2 Å². The molecule has 0 bridgehead atoms. The fourth-order valence-electron chi connectivity index (χ4n) is 2.84.